The minimum Gasteiger partial charge on any atom is -0.393 e. The third-order valence-corrected chi connectivity index (χ3v) is 4.18. The predicted octanol–water partition coefficient (Wildman–Crippen LogP) is 2.37. The van der Waals surface area contributed by atoms with Crippen molar-refractivity contribution in [1.29, 1.82) is 0 Å². The van der Waals surface area contributed by atoms with E-state index >= 15 is 0 Å². The topological polar surface area (TPSA) is 52.6 Å². The molecule has 18 heavy (non-hydrogen) atoms. The van der Waals surface area contributed by atoms with E-state index in [0.717, 1.165) is 25.7 Å². The van der Waals surface area contributed by atoms with Crippen molar-refractivity contribution in [1.82, 2.24) is 10.2 Å². The molecule has 0 aromatic carbocycles. The Morgan fingerprint density at radius 3 is 2.22 bits per heavy atom. The van der Waals surface area contributed by atoms with Crippen LogP contribution in [0.4, 0.5) is 4.79 Å². The molecule has 0 radical (unpaired) electrons. The van der Waals surface area contributed by atoms with E-state index in [1.807, 2.05) is 7.05 Å². The van der Waals surface area contributed by atoms with Gasteiger partial charge >= 0.3 is 6.03 Å². The Balaban J connectivity index is 2.45. The molecule has 1 saturated carbocycles. The molecule has 4 heteroatoms. The van der Waals surface area contributed by atoms with E-state index in [0.29, 0.717) is 0 Å². The van der Waals surface area contributed by atoms with E-state index in [-0.39, 0.29) is 29.6 Å². The number of urea groups is 1. The van der Waals surface area contributed by atoms with Gasteiger partial charge in [-0.2, -0.15) is 0 Å². The van der Waals surface area contributed by atoms with E-state index < -0.39 is 0 Å². The molecule has 106 valence electrons. The van der Waals surface area contributed by atoms with Crippen molar-refractivity contribution in [3.63, 3.8) is 0 Å². The summed E-state index contributed by atoms with van der Waals surface area (Å²) in [5.74, 6) is 0. The van der Waals surface area contributed by atoms with Gasteiger partial charge in [0.1, 0.15) is 0 Å². The molecule has 2 amide bonds. The fourth-order valence-electron chi connectivity index (χ4n) is 2.25. The highest BCUT2D eigenvalue weighted by molar-refractivity contribution is 5.74. The average Bonchev–Trinajstić information content (AvgIpc) is 2.29. The molecule has 1 aliphatic carbocycles. The molecule has 0 aromatic heterocycles. The highest BCUT2D eigenvalue weighted by Crippen LogP contribution is 2.23. The molecular weight excluding hydrogens is 228 g/mol. The Hall–Kier alpha value is -0.770. The molecule has 0 heterocycles. The summed E-state index contributed by atoms with van der Waals surface area (Å²) in [6.45, 7) is 8.49. The SMILES string of the molecule is C[C@H](N(C)C(=O)NC1CCC(O)CC1)C(C)(C)C. The number of aliphatic hydroxyl groups excluding tert-OH is 1. The number of aliphatic hydroxyl groups is 1. The van der Waals surface area contributed by atoms with Gasteiger partial charge in [0.15, 0.2) is 0 Å². The van der Waals surface area contributed by atoms with Crippen LogP contribution >= 0.6 is 0 Å². The lowest BCUT2D eigenvalue weighted by Gasteiger charge is -2.36. The normalized spacial score (nSPS) is 26.6. The van der Waals surface area contributed by atoms with Crippen molar-refractivity contribution in [3.8, 4) is 0 Å². The van der Waals surface area contributed by atoms with Crippen molar-refractivity contribution in [2.24, 2.45) is 5.41 Å². The summed E-state index contributed by atoms with van der Waals surface area (Å²) in [7, 11) is 1.85. The number of hydrogen-bond donors (Lipinski definition) is 2. The van der Waals surface area contributed by atoms with Crippen molar-refractivity contribution in [2.75, 3.05) is 7.05 Å². The van der Waals surface area contributed by atoms with Crippen molar-refractivity contribution < 1.29 is 9.90 Å². The summed E-state index contributed by atoms with van der Waals surface area (Å²) in [6, 6.07) is 0.404. The lowest BCUT2D eigenvalue weighted by molar-refractivity contribution is 0.110. The minimum atomic E-state index is -0.176. The van der Waals surface area contributed by atoms with Crippen LogP contribution in [0.15, 0.2) is 0 Å². The van der Waals surface area contributed by atoms with Gasteiger partial charge in [-0.25, -0.2) is 4.79 Å². The minimum absolute atomic E-state index is 0.00110. The first-order valence-electron chi connectivity index (χ1n) is 6.93. The molecule has 0 spiro atoms. The Morgan fingerprint density at radius 1 is 1.28 bits per heavy atom. The van der Waals surface area contributed by atoms with Crippen LogP contribution in [0.2, 0.25) is 0 Å². The first-order valence-corrected chi connectivity index (χ1v) is 6.93. The summed E-state index contributed by atoms with van der Waals surface area (Å²) in [6.07, 6.45) is 3.17. The third-order valence-electron chi connectivity index (χ3n) is 4.18. The maximum Gasteiger partial charge on any atom is 0.317 e. The Bertz CT molecular complexity index is 278. The van der Waals surface area contributed by atoms with Crippen molar-refractivity contribution >= 4 is 6.03 Å². The van der Waals surface area contributed by atoms with Crippen LogP contribution in [0.1, 0.15) is 53.4 Å². The molecule has 1 fully saturated rings. The van der Waals surface area contributed by atoms with Crippen LogP contribution in [-0.4, -0.2) is 41.3 Å². The zero-order valence-corrected chi connectivity index (χ0v) is 12.4. The zero-order chi connectivity index (χ0) is 13.9. The Morgan fingerprint density at radius 2 is 1.78 bits per heavy atom. The van der Waals surface area contributed by atoms with Gasteiger partial charge in [-0.3, -0.25) is 0 Å². The van der Waals surface area contributed by atoms with Gasteiger partial charge < -0.3 is 15.3 Å². The third kappa shape index (κ3) is 4.16. The summed E-state index contributed by atoms with van der Waals surface area (Å²) in [5, 5.41) is 12.5. The fourth-order valence-corrected chi connectivity index (χ4v) is 2.25. The monoisotopic (exact) mass is 256 g/mol. The number of carbonyl (C=O) groups excluding carboxylic acids is 1. The van der Waals surface area contributed by atoms with Gasteiger partial charge in [0.05, 0.1) is 6.10 Å². The lowest BCUT2D eigenvalue weighted by Crippen LogP contribution is -2.50. The summed E-state index contributed by atoms with van der Waals surface area (Å²) < 4.78 is 0. The Labute approximate surface area is 111 Å². The maximum absolute atomic E-state index is 12.1. The lowest BCUT2D eigenvalue weighted by atomic mass is 9.87. The molecule has 0 aromatic rings. The number of nitrogens with one attached hydrogen (secondary N) is 1. The van der Waals surface area contributed by atoms with Crippen molar-refractivity contribution in [3.05, 3.63) is 0 Å². The molecule has 0 saturated heterocycles. The van der Waals surface area contributed by atoms with Crippen LogP contribution < -0.4 is 5.32 Å². The highest BCUT2D eigenvalue weighted by Gasteiger charge is 2.28. The van der Waals surface area contributed by atoms with Crippen molar-refractivity contribution in [2.45, 2.75) is 71.6 Å². The van der Waals surface area contributed by atoms with Gasteiger partial charge in [0.2, 0.25) is 0 Å². The molecule has 0 bridgehead atoms. The predicted molar refractivity (Wildman–Crippen MR) is 73.5 cm³/mol. The van der Waals surface area contributed by atoms with E-state index in [2.05, 4.69) is 33.0 Å². The van der Waals surface area contributed by atoms with Crippen LogP contribution in [0.5, 0.6) is 0 Å². The van der Waals surface area contributed by atoms with E-state index in [1.165, 1.54) is 0 Å². The van der Waals surface area contributed by atoms with Crippen LogP contribution in [0, 0.1) is 5.41 Å². The summed E-state index contributed by atoms with van der Waals surface area (Å²) in [5.41, 5.74) is 0.0782. The van der Waals surface area contributed by atoms with Crippen LogP contribution in [-0.2, 0) is 0 Å². The second-order valence-electron chi connectivity index (χ2n) is 6.61. The number of nitrogens with zero attached hydrogens (tertiary/aromatic N) is 1. The largest absolute Gasteiger partial charge is 0.393 e. The van der Waals surface area contributed by atoms with E-state index in [1.54, 1.807) is 4.90 Å². The van der Waals surface area contributed by atoms with E-state index in [4.69, 9.17) is 0 Å². The van der Waals surface area contributed by atoms with Crippen LogP contribution in [0.3, 0.4) is 0 Å². The van der Waals surface area contributed by atoms with E-state index in [9.17, 15) is 9.90 Å². The molecule has 2 N–H and O–H groups in total. The molecular formula is C14H28N2O2. The second kappa shape index (κ2) is 5.91. The molecule has 0 aliphatic heterocycles. The molecule has 1 rings (SSSR count). The first kappa shape index (κ1) is 15.3. The number of carbonyl (C=O) groups is 1. The molecule has 0 unspecified atom stereocenters. The highest BCUT2D eigenvalue weighted by atomic mass is 16.3. The zero-order valence-electron chi connectivity index (χ0n) is 12.4. The quantitative estimate of drug-likeness (QED) is 0.797. The maximum atomic E-state index is 12.1. The van der Waals surface area contributed by atoms with Crippen LogP contribution in [0.25, 0.3) is 0 Å². The van der Waals surface area contributed by atoms with Gasteiger partial charge in [-0.15, -0.1) is 0 Å². The molecule has 1 atom stereocenters. The van der Waals surface area contributed by atoms with Gasteiger partial charge in [0.25, 0.3) is 0 Å². The first-order chi connectivity index (χ1) is 8.21. The van der Waals surface area contributed by atoms with Gasteiger partial charge in [-0.05, 0) is 38.0 Å². The van der Waals surface area contributed by atoms with Gasteiger partial charge in [0, 0.05) is 19.1 Å². The summed E-state index contributed by atoms with van der Waals surface area (Å²) >= 11 is 0. The fraction of sp³-hybridized carbons (Fsp3) is 0.929. The smallest absolute Gasteiger partial charge is 0.317 e. The second-order valence-corrected chi connectivity index (χ2v) is 6.61. The average molecular weight is 256 g/mol. The molecule has 1 aliphatic rings. The van der Waals surface area contributed by atoms with Gasteiger partial charge in [-0.1, -0.05) is 20.8 Å². The standard InChI is InChI=1S/C14H28N2O2/c1-10(14(2,3)4)16(5)13(18)15-11-6-8-12(17)9-7-11/h10-12,17H,6-9H2,1-5H3,(H,15,18)/t10-,11?,12?/m0/s1. The number of rotatable bonds is 2. The number of hydrogen-bond acceptors (Lipinski definition) is 2. The summed E-state index contributed by atoms with van der Waals surface area (Å²) in [4.78, 5) is 13.9. The number of amides is 2. The molecule has 4 nitrogen and oxygen atoms in total. The Kier molecular flexibility index (Phi) is 5.02.